The second-order valence-electron chi connectivity index (χ2n) is 7.02. The van der Waals surface area contributed by atoms with Gasteiger partial charge in [-0.3, -0.25) is 0 Å². The SMILES string of the molecule is CC(C)[C@@H](C(=O)O)N1c2ccc(Cl)cc2[C@@H](C)CC1(C)C. The lowest BCUT2D eigenvalue weighted by molar-refractivity contribution is -0.140. The Morgan fingerprint density at radius 3 is 2.57 bits per heavy atom. The van der Waals surface area contributed by atoms with Crippen LogP contribution in [0, 0.1) is 5.92 Å². The molecule has 1 N–H and O–H groups in total. The number of rotatable bonds is 3. The highest BCUT2D eigenvalue weighted by Gasteiger charge is 2.43. The Balaban J connectivity index is 2.62. The van der Waals surface area contributed by atoms with Crippen LogP contribution >= 0.6 is 11.6 Å². The van der Waals surface area contributed by atoms with Crippen LogP contribution in [0.3, 0.4) is 0 Å². The Bertz CT molecular complexity index is 554. The first-order valence-electron chi connectivity index (χ1n) is 7.46. The normalized spacial score (nSPS) is 22.0. The number of halogens is 1. The third-order valence-corrected chi connectivity index (χ3v) is 4.64. The van der Waals surface area contributed by atoms with E-state index in [1.807, 2.05) is 32.0 Å². The number of hydrogen-bond acceptors (Lipinski definition) is 2. The molecule has 0 unspecified atom stereocenters. The molecule has 0 saturated heterocycles. The van der Waals surface area contributed by atoms with Crippen molar-refractivity contribution in [1.82, 2.24) is 0 Å². The van der Waals surface area contributed by atoms with Gasteiger partial charge in [0, 0.05) is 16.2 Å². The molecule has 0 aliphatic carbocycles. The van der Waals surface area contributed by atoms with Gasteiger partial charge in [0.25, 0.3) is 0 Å². The summed E-state index contributed by atoms with van der Waals surface area (Å²) in [6.07, 6.45) is 0.914. The second kappa shape index (κ2) is 5.53. The van der Waals surface area contributed by atoms with Gasteiger partial charge >= 0.3 is 5.97 Å². The molecule has 116 valence electrons. The maximum atomic E-state index is 11.8. The number of hydrogen-bond donors (Lipinski definition) is 1. The maximum Gasteiger partial charge on any atom is 0.326 e. The van der Waals surface area contributed by atoms with Gasteiger partial charge in [0.05, 0.1) is 0 Å². The van der Waals surface area contributed by atoms with Gasteiger partial charge in [0.15, 0.2) is 0 Å². The number of benzene rings is 1. The molecule has 0 aromatic heterocycles. The maximum absolute atomic E-state index is 11.8. The van der Waals surface area contributed by atoms with Gasteiger partial charge < -0.3 is 10.0 Å². The van der Waals surface area contributed by atoms with Crippen molar-refractivity contribution < 1.29 is 9.90 Å². The van der Waals surface area contributed by atoms with E-state index in [4.69, 9.17) is 11.6 Å². The highest BCUT2D eigenvalue weighted by molar-refractivity contribution is 6.30. The van der Waals surface area contributed by atoms with Crippen molar-refractivity contribution in [3.05, 3.63) is 28.8 Å². The molecule has 21 heavy (non-hydrogen) atoms. The van der Waals surface area contributed by atoms with Gasteiger partial charge in [0.1, 0.15) is 6.04 Å². The average molecular weight is 310 g/mol. The van der Waals surface area contributed by atoms with Crippen LogP contribution < -0.4 is 4.90 Å². The van der Waals surface area contributed by atoms with Crippen LogP contribution in [-0.2, 0) is 4.79 Å². The number of fused-ring (bicyclic) bond motifs is 1. The van der Waals surface area contributed by atoms with E-state index in [0.717, 1.165) is 17.7 Å². The predicted molar refractivity (Wildman–Crippen MR) is 87.3 cm³/mol. The molecular formula is C17H24ClNO2. The molecule has 0 spiro atoms. The summed E-state index contributed by atoms with van der Waals surface area (Å²) in [6, 6.07) is 5.25. The fourth-order valence-electron chi connectivity index (χ4n) is 3.64. The summed E-state index contributed by atoms with van der Waals surface area (Å²) in [5, 5.41) is 10.4. The molecule has 0 radical (unpaired) electrons. The Morgan fingerprint density at radius 1 is 1.43 bits per heavy atom. The molecule has 1 aliphatic heterocycles. The van der Waals surface area contributed by atoms with Crippen molar-refractivity contribution in [2.75, 3.05) is 4.90 Å². The molecule has 0 fully saturated rings. The first-order chi connectivity index (χ1) is 9.65. The summed E-state index contributed by atoms with van der Waals surface area (Å²) in [5.41, 5.74) is 1.95. The van der Waals surface area contributed by atoms with Gasteiger partial charge in [-0.05, 0) is 55.9 Å². The summed E-state index contributed by atoms with van der Waals surface area (Å²) in [6.45, 7) is 10.4. The molecule has 1 aromatic carbocycles. The van der Waals surface area contributed by atoms with Crippen molar-refractivity contribution in [1.29, 1.82) is 0 Å². The lowest BCUT2D eigenvalue weighted by Crippen LogP contribution is -2.58. The van der Waals surface area contributed by atoms with Crippen molar-refractivity contribution in [2.24, 2.45) is 5.92 Å². The predicted octanol–water partition coefficient (Wildman–Crippen LogP) is 4.54. The molecular weight excluding hydrogens is 286 g/mol. The van der Waals surface area contributed by atoms with Crippen LogP contribution in [0.4, 0.5) is 5.69 Å². The number of anilines is 1. The highest BCUT2D eigenvalue weighted by Crippen LogP contribution is 2.46. The number of aliphatic carboxylic acids is 1. The Kier molecular flexibility index (Phi) is 4.25. The smallest absolute Gasteiger partial charge is 0.326 e. The van der Waals surface area contributed by atoms with E-state index >= 15 is 0 Å². The van der Waals surface area contributed by atoms with E-state index in [1.165, 1.54) is 0 Å². The largest absolute Gasteiger partial charge is 0.480 e. The fourth-order valence-corrected chi connectivity index (χ4v) is 3.82. The van der Waals surface area contributed by atoms with E-state index in [9.17, 15) is 9.90 Å². The van der Waals surface area contributed by atoms with E-state index < -0.39 is 12.0 Å². The molecule has 2 atom stereocenters. The zero-order valence-electron chi connectivity index (χ0n) is 13.4. The van der Waals surface area contributed by atoms with Gasteiger partial charge in [-0.2, -0.15) is 0 Å². The molecule has 2 rings (SSSR count). The van der Waals surface area contributed by atoms with Crippen molar-refractivity contribution in [3.8, 4) is 0 Å². The minimum absolute atomic E-state index is 0.0266. The molecule has 4 heteroatoms. The molecule has 0 bridgehead atoms. The molecule has 0 amide bonds. The monoisotopic (exact) mass is 309 g/mol. The summed E-state index contributed by atoms with van der Waals surface area (Å²) in [5.74, 6) is -0.376. The minimum Gasteiger partial charge on any atom is -0.480 e. The van der Waals surface area contributed by atoms with E-state index in [0.29, 0.717) is 10.9 Å². The minimum atomic E-state index is -0.770. The second-order valence-corrected chi connectivity index (χ2v) is 7.45. The van der Waals surface area contributed by atoms with Crippen LogP contribution in [-0.4, -0.2) is 22.7 Å². The number of carboxylic acids is 1. The van der Waals surface area contributed by atoms with E-state index in [1.54, 1.807) is 0 Å². The Morgan fingerprint density at radius 2 is 2.05 bits per heavy atom. The molecule has 1 aliphatic rings. The summed E-state index contributed by atoms with van der Waals surface area (Å²) >= 11 is 6.13. The van der Waals surface area contributed by atoms with Crippen LogP contribution in [0.1, 0.15) is 52.5 Å². The van der Waals surface area contributed by atoms with Crippen molar-refractivity contribution in [2.45, 2.75) is 58.5 Å². The first-order valence-corrected chi connectivity index (χ1v) is 7.84. The fraction of sp³-hybridized carbons (Fsp3) is 0.588. The van der Waals surface area contributed by atoms with Gasteiger partial charge in [-0.25, -0.2) is 4.79 Å². The van der Waals surface area contributed by atoms with Crippen LogP contribution in [0.5, 0.6) is 0 Å². The van der Waals surface area contributed by atoms with Crippen LogP contribution in [0.25, 0.3) is 0 Å². The van der Waals surface area contributed by atoms with Crippen LogP contribution in [0.15, 0.2) is 18.2 Å². The lowest BCUT2D eigenvalue weighted by atomic mass is 9.78. The van der Waals surface area contributed by atoms with Gasteiger partial charge in [-0.15, -0.1) is 0 Å². The van der Waals surface area contributed by atoms with Gasteiger partial charge in [-0.1, -0.05) is 32.4 Å². The topological polar surface area (TPSA) is 40.5 Å². The molecule has 3 nitrogen and oxygen atoms in total. The summed E-state index contributed by atoms with van der Waals surface area (Å²) in [7, 11) is 0. The van der Waals surface area contributed by atoms with Crippen LogP contribution in [0.2, 0.25) is 5.02 Å². The van der Waals surface area contributed by atoms with Crippen molar-refractivity contribution >= 4 is 23.3 Å². The summed E-state index contributed by atoms with van der Waals surface area (Å²) < 4.78 is 0. The zero-order valence-corrected chi connectivity index (χ0v) is 14.1. The average Bonchev–Trinajstić information content (AvgIpc) is 2.33. The standard InChI is InChI=1S/C17H24ClNO2/c1-10(2)15(16(20)21)19-14-7-6-12(18)8-13(14)11(3)9-17(19,4)5/h6-8,10-11,15H,9H2,1-5H3,(H,20,21)/t11-,15-/m0/s1. The molecule has 1 aromatic rings. The first kappa shape index (κ1) is 16.2. The molecule has 0 saturated carbocycles. The van der Waals surface area contributed by atoms with E-state index in [-0.39, 0.29) is 11.5 Å². The Labute approximate surface area is 131 Å². The number of carboxylic acid groups (broad SMARTS) is 1. The summed E-state index contributed by atoms with van der Waals surface area (Å²) in [4.78, 5) is 13.9. The lowest BCUT2D eigenvalue weighted by Gasteiger charge is -2.51. The Hall–Kier alpha value is -1.22. The number of nitrogens with zero attached hydrogens (tertiary/aromatic N) is 1. The third-order valence-electron chi connectivity index (χ3n) is 4.40. The van der Waals surface area contributed by atoms with Gasteiger partial charge in [0.2, 0.25) is 0 Å². The van der Waals surface area contributed by atoms with Crippen molar-refractivity contribution in [3.63, 3.8) is 0 Å². The highest BCUT2D eigenvalue weighted by atomic mass is 35.5. The third kappa shape index (κ3) is 2.89. The van der Waals surface area contributed by atoms with E-state index in [2.05, 4.69) is 25.7 Å². The molecule has 1 heterocycles. The zero-order chi connectivity index (χ0) is 15.9. The quantitative estimate of drug-likeness (QED) is 0.891. The number of carbonyl (C=O) groups is 1.